The Hall–Kier alpha value is 3.93. The standard InChI is InChI=1S/Ba.4H2O.Rb.Ti.3H/h;4*1H2;;;;;/q+2;;;;;+1;;3*-1. The van der Waals surface area contributed by atoms with Gasteiger partial charge in [0.1, 0.15) is 0 Å². The van der Waals surface area contributed by atoms with Gasteiger partial charge in [-0.2, -0.15) is 0 Å². The first-order chi connectivity index (χ1) is 0. The molecule has 0 amide bonds. The number of hydrogen-bond acceptors (Lipinski definition) is 0. The molecule has 42 valence electrons. The van der Waals surface area contributed by atoms with Crippen LogP contribution in [0.1, 0.15) is 4.28 Å². The second kappa shape index (κ2) is 51.3. The van der Waals surface area contributed by atoms with Crippen molar-refractivity contribution in [2.45, 2.75) is 0 Å². The molecule has 0 aliphatic heterocycles. The SMILES string of the molecule is O.O.O.O.[Ba+2].[H-].[H-].[H-].[Rb+].[Ti]. The topological polar surface area (TPSA) is 126 Å². The largest absolute Gasteiger partial charge is 2.00 e. The predicted octanol–water partition coefficient (Wildman–Crippen LogP) is -6.34. The minimum absolute atomic E-state index is 0. The maximum absolute atomic E-state index is 0. The van der Waals surface area contributed by atoms with E-state index in [4.69, 9.17) is 0 Å². The van der Waals surface area contributed by atoms with Crippen LogP contribution in [0.15, 0.2) is 0 Å². The van der Waals surface area contributed by atoms with E-state index in [1.165, 1.54) is 0 Å². The Bertz CT molecular complexity index is 20.5. The molecule has 0 aliphatic rings. The van der Waals surface area contributed by atoms with Gasteiger partial charge in [-0.25, -0.2) is 0 Å². The van der Waals surface area contributed by atoms with Crippen LogP contribution in [-0.2, 0) is 21.7 Å². The van der Waals surface area contributed by atoms with E-state index in [0.29, 0.717) is 0 Å². The normalized spacial score (nSPS) is 0. The van der Waals surface area contributed by atoms with Crippen molar-refractivity contribution >= 4 is 48.9 Å². The van der Waals surface area contributed by atoms with Gasteiger partial charge in [0, 0.05) is 21.7 Å². The van der Waals surface area contributed by atoms with Crippen molar-refractivity contribution in [2.75, 3.05) is 0 Å². The van der Waals surface area contributed by atoms with Gasteiger partial charge in [-0.05, 0) is 0 Å². The van der Waals surface area contributed by atoms with Crippen LogP contribution < -0.4 is 58.2 Å². The summed E-state index contributed by atoms with van der Waals surface area (Å²) in [5, 5.41) is 0. The van der Waals surface area contributed by atoms with Crippen molar-refractivity contribution in [2.24, 2.45) is 0 Å². The number of hydrogen-bond donors (Lipinski definition) is 0. The molecule has 0 spiro atoms. The van der Waals surface area contributed by atoms with E-state index >= 15 is 0 Å². The molecular weight excluding hydrogens is 335 g/mol. The van der Waals surface area contributed by atoms with Gasteiger partial charge in [0.05, 0.1) is 0 Å². The van der Waals surface area contributed by atoms with Gasteiger partial charge in [-0.15, -0.1) is 0 Å². The summed E-state index contributed by atoms with van der Waals surface area (Å²) in [5.74, 6) is 0. The molecule has 0 aromatic rings. The molecule has 0 fully saturated rings. The molecule has 0 unspecified atom stereocenters. The van der Waals surface area contributed by atoms with E-state index in [2.05, 4.69) is 0 Å². The molecule has 0 saturated heterocycles. The zero-order valence-corrected chi connectivity index (χ0v) is 15.1. The Morgan fingerprint density at radius 3 is 0.714 bits per heavy atom. The molecule has 0 atom stereocenters. The van der Waals surface area contributed by atoms with Crippen molar-refractivity contribution < 1.29 is 106 Å². The Morgan fingerprint density at radius 1 is 0.714 bits per heavy atom. The number of rotatable bonds is 0. The van der Waals surface area contributed by atoms with Gasteiger partial charge in [-0.1, -0.05) is 0 Å². The summed E-state index contributed by atoms with van der Waals surface area (Å²) < 4.78 is 0. The summed E-state index contributed by atoms with van der Waals surface area (Å²) >= 11 is 0. The molecule has 8 N–H and O–H groups in total. The molecule has 7 heavy (non-hydrogen) atoms. The summed E-state index contributed by atoms with van der Waals surface area (Å²) in [6.45, 7) is 0. The van der Waals surface area contributed by atoms with Gasteiger partial charge in [0.15, 0.2) is 0 Å². The van der Waals surface area contributed by atoms with Crippen LogP contribution in [0, 0.1) is 0 Å². The van der Waals surface area contributed by atoms with Crippen molar-refractivity contribution in [1.82, 2.24) is 0 Å². The van der Waals surface area contributed by atoms with E-state index in [1.807, 2.05) is 0 Å². The third-order valence-corrected chi connectivity index (χ3v) is 0. The Morgan fingerprint density at radius 2 is 0.714 bits per heavy atom. The van der Waals surface area contributed by atoms with Crippen molar-refractivity contribution in [3.63, 3.8) is 0 Å². The molecular formula is H11BaO4RbTi. The van der Waals surface area contributed by atoms with Crippen LogP contribution in [-0.4, -0.2) is 70.8 Å². The summed E-state index contributed by atoms with van der Waals surface area (Å²) in [5.41, 5.74) is 0. The molecule has 0 saturated carbocycles. The monoisotopic (exact) mass is 346 g/mol. The van der Waals surface area contributed by atoms with Crippen LogP contribution in [0.2, 0.25) is 0 Å². The second-order valence-electron chi connectivity index (χ2n) is 0. The summed E-state index contributed by atoms with van der Waals surface area (Å²) in [6.07, 6.45) is 0. The summed E-state index contributed by atoms with van der Waals surface area (Å²) in [7, 11) is 0. The third-order valence-electron chi connectivity index (χ3n) is 0. The van der Waals surface area contributed by atoms with Gasteiger partial charge in [0.25, 0.3) is 0 Å². The summed E-state index contributed by atoms with van der Waals surface area (Å²) in [6, 6.07) is 0. The van der Waals surface area contributed by atoms with Crippen LogP contribution in [0.3, 0.4) is 0 Å². The average Bonchev–Trinajstić information content (AvgIpc) is 0. The minimum atomic E-state index is 0. The Balaban J connectivity index is 0. The molecule has 4 nitrogen and oxygen atoms in total. The average molecular weight is 346 g/mol. The van der Waals surface area contributed by atoms with Gasteiger partial charge >= 0.3 is 107 Å². The van der Waals surface area contributed by atoms with Gasteiger partial charge < -0.3 is 26.2 Å². The Kier molecular flexibility index (Phi) is 511. The molecule has 0 aromatic heterocycles. The Labute approximate surface area is 151 Å². The van der Waals surface area contributed by atoms with Gasteiger partial charge in [-0.3, -0.25) is 0 Å². The molecule has 7 heteroatoms. The van der Waals surface area contributed by atoms with Crippen molar-refractivity contribution in [1.29, 1.82) is 0 Å². The smallest absolute Gasteiger partial charge is 1.00 e. The fraction of sp³-hybridized carbons (Fsp3) is 0. The van der Waals surface area contributed by atoms with Crippen molar-refractivity contribution in [3.05, 3.63) is 0 Å². The second-order valence-corrected chi connectivity index (χ2v) is 0. The van der Waals surface area contributed by atoms with E-state index in [0.717, 1.165) is 0 Å². The van der Waals surface area contributed by atoms with Crippen LogP contribution in [0.4, 0.5) is 0 Å². The van der Waals surface area contributed by atoms with Crippen molar-refractivity contribution in [3.8, 4) is 0 Å². The fourth-order valence-electron chi connectivity index (χ4n) is 0. The summed E-state index contributed by atoms with van der Waals surface area (Å²) in [4.78, 5) is 0. The molecule has 0 rings (SSSR count). The van der Waals surface area contributed by atoms with E-state index < -0.39 is 0 Å². The van der Waals surface area contributed by atoms with Crippen LogP contribution in [0.5, 0.6) is 0 Å². The minimum Gasteiger partial charge on any atom is -1.00 e. The first-order valence-electron chi connectivity index (χ1n) is 0. The third kappa shape index (κ3) is 40.4. The molecule has 0 bridgehead atoms. The first-order valence-corrected chi connectivity index (χ1v) is 0. The first kappa shape index (κ1) is 69.8. The quantitative estimate of drug-likeness (QED) is 0.387. The van der Waals surface area contributed by atoms with E-state index in [-0.39, 0.29) is 155 Å². The zero-order valence-electron chi connectivity index (χ0n) is 7.21. The maximum Gasteiger partial charge on any atom is 2.00 e. The van der Waals surface area contributed by atoms with E-state index in [1.54, 1.807) is 0 Å². The predicted molar refractivity (Wildman–Crippen MR) is 23.5 cm³/mol. The van der Waals surface area contributed by atoms with Crippen LogP contribution in [0.25, 0.3) is 0 Å². The molecule has 0 aromatic carbocycles. The zero-order chi connectivity index (χ0) is 0. The van der Waals surface area contributed by atoms with E-state index in [9.17, 15) is 0 Å². The maximum atomic E-state index is 0. The van der Waals surface area contributed by atoms with Gasteiger partial charge in [0.2, 0.25) is 0 Å². The molecule has 0 heterocycles. The fourth-order valence-corrected chi connectivity index (χ4v) is 0. The molecule has 0 radical (unpaired) electrons. The molecule has 0 aliphatic carbocycles. The van der Waals surface area contributed by atoms with Crippen LogP contribution >= 0.6 is 0 Å².